The summed E-state index contributed by atoms with van der Waals surface area (Å²) < 4.78 is 35.1. The van der Waals surface area contributed by atoms with Crippen molar-refractivity contribution in [2.24, 2.45) is 0 Å². The van der Waals surface area contributed by atoms with E-state index in [4.69, 9.17) is 0 Å². The summed E-state index contributed by atoms with van der Waals surface area (Å²) in [6.45, 7) is 0.955. The van der Waals surface area contributed by atoms with Gasteiger partial charge in [-0.3, -0.25) is 4.90 Å². The van der Waals surface area contributed by atoms with Crippen molar-refractivity contribution < 1.29 is 13.2 Å². The Morgan fingerprint density at radius 1 is 1.11 bits per heavy atom. The average molecular weight is 139 g/mol. The number of hydrogen-bond donors (Lipinski definition) is 0. The van der Waals surface area contributed by atoms with Crippen molar-refractivity contribution in [3.63, 3.8) is 0 Å². The molecule has 0 aliphatic carbocycles. The average Bonchev–Trinajstić information content (AvgIpc) is 1.60. The van der Waals surface area contributed by atoms with Crippen LogP contribution in [0.5, 0.6) is 0 Å². The number of hydrogen-bond acceptors (Lipinski definition) is 1. The Hall–Kier alpha value is -0.250. The molecule has 0 bridgehead atoms. The summed E-state index contributed by atoms with van der Waals surface area (Å²) in [6, 6.07) is 0. The van der Waals surface area contributed by atoms with Crippen molar-refractivity contribution in [2.75, 3.05) is 13.1 Å². The number of nitrogens with zero attached hydrogens (tertiary/aromatic N) is 1. The van der Waals surface area contributed by atoms with Crippen molar-refractivity contribution in [1.82, 2.24) is 4.90 Å². The molecule has 0 aromatic heterocycles. The minimum absolute atomic E-state index is 0.478. The maximum absolute atomic E-state index is 12.1. The van der Waals surface area contributed by atoms with Crippen molar-refractivity contribution in [3.8, 4) is 0 Å². The molecule has 0 spiro atoms. The van der Waals surface area contributed by atoms with Gasteiger partial charge in [-0.05, 0) is 6.42 Å². The summed E-state index contributed by atoms with van der Waals surface area (Å²) in [5.41, 5.74) is 0. The van der Waals surface area contributed by atoms with E-state index in [9.17, 15) is 13.2 Å². The zero-order valence-electron chi connectivity index (χ0n) is 4.86. The lowest BCUT2D eigenvalue weighted by Gasteiger charge is -2.32. The molecule has 1 heterocycles. The summed E-state index contributed by atoms with van der Waals surface area (Å²) in [7, 11) is 0. The molecule has 0 amide bonds. The normalized spacial score (nSPS) is 24.0. The molecule has 1 unspecified atom stereocenters. The van der Waals surface area contributed by atoms with E-state index in [0.717, 1.165) is 11.3 Å². The second-order valence-electron chi connectivity index (χ2n) is 2.10. The van der Waals surface area contributed by atoms with E-state index in [1.807, 2.05) is 0 Å². The van der Waals surface area contributed by atoms with Gasteiger partial charge in [-0.25, -0.2) is 13.2 Å². The Kier molecular flexibility index (Phi) is 1.95. The Labute approximate surface area is 51.4 Å². The molecule has 54 valence electrons. The highest BCUT2D eigenvalue weighted by Gasteiger charge is 2.30. The lowest BCUT2D eigenvalue weighted by Crippen LogP contribution is -2.46. The Bertz CT molecular complexity index is 92.2. The molecule has 1 rings (SSSR count). The predicted molar refractivity (Wildman–Crippen MR) is 27.1 cm³/mol. The molecule has 0 N–H and O–H groups in total. The smallest absolute Gasteiger partial charge is 0.269 e. The van der Waals surface area contributed by atoms with Gasteiger partial charge in [-0.2, -0.15) is 0 Å². The number of rotatable bonds is 2. The molecular weight excluding hydrogens is 131 g/mol. The first-order chi connectivity index (χ1) is 4.22. The molecule has 1 nitrogen and oxygen atoms in total. The van der Waals surface area contributed by atoms with Gasteiger partial charge in [0.05, 0.1) is 0 Å². The second kappa shape index (κ2) is 2.56. The van der Waals surface area contributed by atoms with E-state index in [2.05, 4.69) is 0 Å². The number of likely N-dealkylation sites (tertiary alicyclic amines) is 1. The number of halogens is 3. The van der Waals surface area contributed by atoms with Gasteiger partial charge in [-0.15, -0.1) is 0 Å². The summed E-state index contributed by atoms with van der Waals surface area (Å²) in [5, 5.41) is 0. The van der Waals surface area contributed by atoms with E-state index in [1.54, 1.807) is 0 Å². The molecule has 1 atom stereocenters. The summed E-state index contributed by atoms with van der Waals surface area (Å²) >= 11 is 0. The molecule has 1 fully saturated rings. The van der Waals surface area contributed by atoms with Gasteiger partial charge in [0.15, 0.2) is 0 Å². The first-order valence-electron chi connectivity index (χ1n) is 2.88. The van der Waals surface area contributed by atoms with Crippen molar-refractivity contribution in [3.05, 3.63) is 0 Å². The van der Waals surface area contributed by atoms with Crippen LogP contribution in [0.4, 0.5) is 13.2 Å². The Morgan fingerprint density at radius 3 is 1.78 bits per heavy atom. The molecule has 1 aliphatic heterocycles. The van der Waals surface area contributed by atoms with Crippen LogP contribution in [0.2, 0.25) is 0 Å². The lowest BCUT2D eigenvalue weighted by molar-refractivity contribution is -0.0740. The molecular formula is C5H8F3N. The van der Waals surface area contributed by atoms with Crippen LogP contribution in [0.1, 0.15) is 6.42 Å². The third-order valence-electron chi connectivity index (χ3n) is 1.45. The molecule has 1 aliphatic rings. The van der Waals surface area contributed by atoms with Crippen LogP contribution in [0, 0.1) is 0 Å². The standard InChI is InChI=1S/C5H8F3N/c6-4(7)5(8)9-2-1-3-9/h4-5H,1-3H2. The highest BCUT2D eigenvalue weighted by Crippen LogP contribution is 2.17. The van der Waals surface area contributed by atoms with Gasteiger partial charge in [-0.1, -0.05) is 0 Å². The monoisotopic (exact) mass is 139 g/mol. The molecule has 0 radical (unpaired) electrons. The molecule has 1 saturated heterocycles. The first kappa shape index (κ1) is 6.86. The van der Waals surface area contributed by atoms with E-state index in [-0.39, 0.29) is 0 Å². The summed E-state index contributed by atoms with van der Waals surface area (Å²) in [4.78, 5) is 1.13. The molecule has 0 aromatic rings. The second-order valence-corrected chi connectivity index (χ2v) is 2.10. The van der Waals surface area contributed by atoms with Crippen LogP contribution in [-0.4, -0.2) is 30.7 Å². The van der Waals surface area contributed by atoms with Crippen molar-refractivity contribution >= 4 is 0 Å². The van der Waals surface area contributed by atoms with Gasteiger partial charge in [0, 0.05) is 13.1 Å². The highest BCUT2D eigenvalue weighted by molar-refractivity contribution is 4.72. The van der Waals surface area contributed by atoms with Crippen molar-refractivity contribution in [2.45, 2.75) is 19.1 Å². The maximum atomic E-state index is 12.1. The fourth-order valence-electron chi connectivity index (χ4n) is 0.747. The zero-order chi connectivity index (χ0) is 6.85. The molecule has 9 heavy (non-hydrogen) atoms. The van der Waals surface area contributed by atoms with Gasteiger partial charge in [0.25, 0.3) is 6.43 Å². The van der Waals surface area contributed by atoms with Gasteiger partial charge >= 0.3 is 0 Å². The molecule has 0 saturated carbocycles. The quantitative estimate of drug-likeness (QED) is 0.520. The van der Waals surface area contributed by atoms with Crippen LogP contribution in [-0.2, 0) is 0 Å². The van der Waals surface area contributed by atoms with E-state index in [1.165, 1.54) is 0 Å². The third-order valence-corrected chi connectivity index (χ3v) is 1.45. The van der Waals surface area contributed by atoms with Crippen LogP contribution < -0.4 is 0 Å². The fraction of sp³-hybridized carbons (Fsp3) is 1.00. The van der Waals surface area contributed by atoms with Gasteiger partial charge in [0.1, 0.15) is 0 Å². The highest BCUT2D eigenvalue weighted by atomic mass is 19.3. The van der Waals surface area contributed by atoms with Crippen LogP contribution >= 0.6 is 0 Å². The van der Waals surface area contributed by atoms with Crippen molar-refractivity contribution in [1.29, 1.82) is 0 Å². The van der Waals surface area contributed by atoms with Crippen LogP contribution in [0.15, 0.2) is 0 Å². The predicted octanol–water partition coefficient (Wildman–Crippen LogP) is 1.25. The van der Waals surface area contributed by atoms with E-state index < -0.39 is 12.7 Å². The summed E-state index contributed by atoms with van der Waals surface area (Å²) in [6.07, 6.45) is -4.03. The number of alkyl halides is 3. The van der Waals surface area contributed by atoms with Gasteiger partial charge < -0.3 is 0 Å². The largest absolute Gasteiger partial charge is 0.282 e. The molecule has 4 heteroatoms. The van der Waals surface area contributed by atoms with E-state index in [0.29, 0.717) is 13.1 Å². The van der Waals surface area contributed by atoms with Crippen LogP contribution in [0.3, 0.4) is 0 Å². The first-order valence-corrected chi connectivity index (χ1v) is 2.88. The Balaban J connectivity index is 2.23. The third kappa shape index (κ3) is 1.36. The minimum Gasteiger partial charge on any atom is -0.269 e. The zero-order valence-corrected chi connectivity index (χ0v) is 4.86. The fourth-order valence-corrected chi connectivity index (χ4v) is 0.747. The van der Waals surface area contributed by atoms with Gasteiger partial charge in [0.2, 0.25) is 6.30 Å². The van der Waals surface area contributed by atoms with Crippen LogP contribution in [0.25, 0.3) is 0 Å². The SMILES string of the molecule is FC(F)C(F)N1CCC1. The minimum atomic E-state index is -2.84. The Morgan fingerprint density at radius 2 is 1.67 bits per heavy atom. The lowest BCUT2D eigenvalue weighted by atomic mass is 10.2. The summed E-state index contributed by atoms with van der Waals surface area (Å²) in [5.74, 6) is 0. The topological polar surface area (TPSA) is 3.24 Å². The van der Waals surface area contributed by atoms with E-state index >= 15 is 0 Å². The maximum Gasteiger partial charge on any atom is 0.282 e. The molecule has 0 aromatic carbocycles.